The maximum atomic E-state index is 12.1. The van der Waals surface area contributed by atoms with Crippen molar-refractivity contribution in [2.45, 2.75) is 6.92 Å². The smallest absolute Gasteiger partial charge is 0.337 e. The minimum absolute atomic E-state index is 0.0870. The molecular weight excluding hydrogens is 234 g/mol. The number of aliphatic hydroxyl groups is 1. The molecule has 18 heavy (non-hydrogen) atoms. The summed E-state index contributed by atoms with van der Waals surface area (Å²) < 4.78 is 4.60. The largest absolute Gasteiger partial charge is 0.465 e. The second-order valence-corrected chi connectivity index (χ2v) is 3.68. The van der Waals surface area contributed by atoms with Crippen LogP contribution >= 0.6 is 0 Å². The number of carbonyl (C=O) groups is 2. The van der Waals surface area contributed by atoms with Gasteiger partial charge < -0.3 is 14.7 Å². The highest BCUT2D eigenvalue weighted by atomic mass is 16.5. The Kier molecular flexibility index (Phi) is 5.32. The molecule has 1 amide bonds. The number of amides is 1. The Labute approximate surface area is 106 Å². The van der Waals surface area contributed by atoms with Gasteiger partial charge in [0.1, 0.15) is 0 Å². The highest BCUT2D eigenvalue weighted by molar-refractivity contribution is 5.97. The van der Waals surface area contributed by atoms with E-state index in [0.717, 1.165) is 0 Å². The van der Waals surface area contributed by atoms with Crippen LogP contribution < -0.4 is 0 Å². The average Bonchev–Trinajstić information content (AvgIpc) is 2.43. The van der Waals surface area contributed by atoms with Crippen LogP contribution in [0.2, 0.25) is 0 Å². The van der Waals surface area contributed by atoms with Gasteiger partial charge in [0.15, 0.2) is 0 Å². The third-order valence-corrected chi connectivity index (χ3v) is 2.57. The first-order valence-corrected chi connectivity index (χ1v) is 5.72. The molecule has 0 saturated carbocycles. The van der Waals surface area contributed by atoms with E-state index in [9.17, 15) is 9.59 Å². The van der Waals surface area contributed by atoms with Crippen LogP contribution in [0.15, 0.2) is 24.3 Å². The van der Waals surface area contributed by atoms with Crippen LogP contribution in [0.4, 0.5) is 0 Å². The van der Waals surface area contributed by atoms with Crippen molar-refractivity contribution in [1.29, 1.82) is 0 Å². The van der Waals surface area contributed by atoms with E-state index in [-0.39, 0.29) is 19.1 Å². The summed E-state index contributed by atoms with van der Waals surface area (Å²) in [5.41, 5.74) is 0.747. The van der Waals surface area contributed by atoms with Crippen molar-refractivity contribution < 1.29 is 19.4 Å². The predicted molar refractivity (Wildman–Crippen MR) is 66.4 cm³/mol. The van der Waals surface area contributed by atoms with Crippen LogP contribution in [-0.2, 0) is 4.74 Å². The van der Waals surface area contributed by atoms with Crippen molar-refractivity contribution in [3.63, 3.8) is 0 Å². The zero-order valence-corrected chi connectivity index (χ0v) is 10.5. The second kappa shape index (κ2) is 6.76. The molecular formula is C13H17NO4. The number of methoxy groups -OCH3 is 1. The van der Waals surface area contributed by atoms with Crippen molar-refractivity contribution in [1.82, 2.24) is 4.90 Å². The third-order valence-electron chi connectivity index (χ3n) is 2.57. The molecule has 0 aliphatic carbocycles. The maximum Gasteiger partial charge on any atom is 0.337 e. The van der Waals surface area contributed by atoms with Crippen molar-refractivity contribution in [3.05, 3.63) is 35.4 Å². The van der Waals surface area contributed by atoms with Gasteiger partial charge in [0.2, 0.25) is 0 Å². The van der Waals surface area contributed by atoms with Crippen LogP contribution in [0, 0.1) is 0 Å². The molecule has 0 radical (unpaired) electrons. The fourth-order valence-electron chi connectivity index (χ4n) is 1.60. The van der Waals surface area contributed by atoms with Crippen LogP contribution in [0.5, 0.6) is 0 Å². The molecule has 0 saturated heterocycles. The van der Waals surface area contributed by atoms with E-state index in [2.05, 4.69) is 4.74 Å². The van der Waals surface area contributed by atoms with Gasteiger partial charge in [-0.1, -0.05) is 6.07 Å². The molecule has 98 valence electrons. The summed E-state index contributed by atoms with van der Waals surface area (Å²) in [6.45, 7) is 2.52. The molecule has 1 aromatic carbocycles. The quantitative estimate of drug-likeness (QED) is 0.790. The fraction of sp³-hybridized carbons (Fsp3) is 0.385. The molecule has 0 spiro atoms. The van der Waals surface area contributed by atoms with E-state index in [0.29, 0.717) is 17.7 Å². The molecule has 0 heterocycles. The standard InChI is InChI=1S/C13H17NO4/c1-3-14(7-8-15)12(16)10-5-4-6-11(9-10)13(17)18-2/h4-6,9,15H,3,7-8H2,1-2H3. The van der Waals surface area contributed by atoms with Crippen LogP contribution in [0.1, 0.15) is 27.6 Å². The number of aliphatic hydroxyl groups excluding tert-OH is 1. The number of esters is 1. The SMILES string of the molecule is CCN(CCO)C(=O)c1cccc(C(=O)OC)c1. The molecule has 0 fully saturated rings. The zero-order valence-electron chi connectivity index (χ0n) is 10.5. The van der Waals surface area contributed by atoms with Gasteiger partial charge in [0.05, 0.1) is 19.3 Å². The molecule has 5 heteroatoms. The molecule has 0 unspecified atom stereocenters. The molecule has 0 atom stereocenters. The summed E-state index contributed by atoms with van der Waals surface area (Å²) in [7, 11) is 1.29. The second-order valence-electron chi connectivity index (χ2n) is 3.68. The zero-order chi connectivity index (χ0) is 13.5. The number of hydrogen-bond donors (Lipinski definition) is 1. The lowest BCUT2D eigenvalue weighted by Gasteiger charge is -2.19. The summed E-state index contributed by atoms with van der Waals surface area (Å²) in [5, 5.41) is 8.88. The summed E-state index contributed by atoms with van der Waals surface area (Å²) in [4.78, 5) is 25.0. The Balaban J connectivity index is 2.95. The van der Waals surface area contributed by atoms with E-state index in [1.807, 2.05) is 6.92 Å². The first-order valence-electron chi connectivity index (χ1n) is 5.72. The highest BCUT2D eigenvalue weighted by Crippen LogP contribution is 2.09. The number of likely N-dealkylation sites (N-methyl/N-ethyl adjacent to an activating group) is 1. The van der Waals surface area contributed by atoms with Crippen LogP contribution in [-0.4, -0.2) is 48.7 Å². The molecule has 0 aromatic heterocycles. The van der Waals surface area contributed by atoms with Crippen molar-refractivity contribution in [2.75, 3.05) is 26.8 Å². The number of nitrogens with zero attached hydrogens (tertiary/aromatic N) is 1. The van der Waals surface area contributed by atoms with Gasteiger partial charge in [0, 0.05) is 18.7 Å². The van der Waals surface area contributed by atoms with E-state index >= 15 is 0 Å². The monoisotopic (exact) mass is 251 g/mol. The van der Waals surface area contributed by atoms with Gasteiger partial charge in [-0.25, -0.2) is 4.79 Å². The van der Waals surface area contributed by atoms with E-state index in [1.54, 1.807) is 18.2 Å². The minimum Gasteiger partial charge on any atom is -0.465 e. The third kappa shape index (κ3) is 3.30. The van der Waals surface area contributed by atoms with Crippen molar-refractivity contribution >= 4 is 11.9 Å². The number of hydrogen-bond acceptors (Lipinski definition) is 4. The summed E-state index contributed by atoms with van der Waals surface area (Å²) >= 11 is 0. The molecule has 0 aliphatic heterocycles. The average molecular weight is 251 g/mol. The minimum atomic E-state index is -0.477. The fourth-order valence-corrected chi connectivity index (χ4v) is 1.60. The summed E-state index contributed by atoms with van der Waals surface area (Å²) in [6.07, 6.45) is 0. The van der Waals surface area contributed by atoms with E-state index < -0.39 is 5.97 Å². The van der Waals surface area contributed by atoms with E-state index in [1.165, 1.54) is 18.1 Å². The Morgan fingerprint density at radius 1 is 1.33 bits per heavy atom. The molecule has 5 nitrogen and oxygen atoms in total. The van der Waals surface area contributed by atoms with Gasteiger partial charge in [-0.15, -0.1) is 0 Å². The number of benzene rings is 1. The Morgan fingerprint density at radius 2 is 2.00 bits per heavy atom. The molecule has 1 rings (SSSR count). The van der Waals surface area contributed by atoms with Gasteiger partial charge in [-0.05, 0) is 25.1 Å². The summed E-state index contributed by atoms with van der Waals surface area (Å²) in [6, 6.07) is 6.35. The van der Waals surface area contributed by atoms with Gasteiger partial charge in [0.25, 0.3) is 5.91 Å². The van der Waals surface area contributed by atoms with Gasteiger partial charge in [-0.2, -0.15) is 0 Å². The topological polar surface area (TPSA) is 66.8 Å². The normalized spacial score (nSPS) is 9.94. The number of rotatable bonds is 5. The summed E-state index contributed by atoms with van der Waals surface area (Å²) in [5.74, 6) is -0.688. The molecule has 1 aromatic rings. The predicted octanol–water partition coefficient (Wildman–Crippen LogP) is 0.928. The van der Waals surface area contributed by atoms with Crippen LogP contribution in [0.25, 0.3) is 0 Å². The van der Waals surface area contributed by atoms with Crippen molar-refractivity contribution in [2.24, 2.45) is 0 Å². The number of ether oxygens (including phenoxy) is 1. The number of carbonyl (C=O) groups excluding carboxylic acids is 2. The Hall–Kier alpha value is -1.88. The highest BCUT2D eigenvalue weighted by Gasteiger charge is 2.15. The lowest BCUT2D eigenvalue weighted by molar-refractivity contribution is 0.0600. The van der Waals surface area contributed by atoms with Crippen LogP contribution in [0.3, 0.4) is 0 Å². The van der Waals surface area contributed by atoms with Crippen molar-refractivity contribution in [3.8, 4) is 0 Å². The van der Waals surface area contributed by atoms with E-state index in [4.69, 9.17) is 5.11 Å². The molecule has 1 N–H and O–H groups in total. The lowest BCUT2D eigenvalue weighted by atomic mass is 10.1. The molecule has 0 bridgehead atoms. The first-order chi connectivity index (χ1) is 8.63. The Bertz CT molecular complexity index is 431. The van der Waals surface area contributed by atoms with Gasteiger partial charge in [-0.3, -0.25) is 4.79 Å². The van der Waals surface area contributed by atoms with Gasteiger partial charge >= 0.3 is 5.97 Å². The first kappa shape index (κ1) is 14.2. The Morgan fingerprint density at radius 3 is 2.56 bits per heavy atom. The maximum absolute atomic E-state index is 12.1. The molecule has 0 aliphatic rings. The lowest BCUT2D eigenvalue weighted by Crippen LogP contribution is -2.33.